The van der Waals surface area contributed by atoms with Gasteiger partial charge in [0.25, 0.3) is 0 Å². The van der Waals surface area contributed by atoms with Crippen LogP contribution >= 0.6 is 0 Å². The van der Waals surface area contributed by atoms with Crippen molar-refractivity contribution >= 4 is 18.4 Å². The van der Waals surface area contributed by atoms with Crippen molar-refractivity contribution in [2.75, 3.05) is 0 Å². The third kappa shape index (κ3) is 3.01. The van der Waals surface area contributed by atoms with Crippen LogP contribution in [-0.2, 0) is 0 Å². The molecule has 0 aliphatic rings. The lowest BCUT2D eigenvalue weighted by molar-refractivity contribution is 0.322. The molecule has 0 unspecified atom stereocenters. The number of oxime groups is 1. The molecule has 0 saturated carbocycles. The first-order chi connectivity index (χ1) is 8.40. The maximum atomic E-state index is 8.55. The molecule has 0 amide bonds. The van der Waals surface area contributed by atoms with Crippen LogP contribution in [0.4, 0.5) is 0 Å². The normalized spacial score (nSPS) is 11.3. The molecule has 0 aliphatic heterocycles. The summed E-state index contributed by atoms with van der Waals surface area (Å²) in [5, 5.41) is 11.6. The Morgan fingerprint density at radius 2 is 1.82 bits per heavy atom. The van der Waals surface area contributed by atoms with Gasteiger partial charge in [0.1, 0.15) is 0 Å². The first-order valence-corrected chi connectivity index (χ1v) is 5.26. The summed E-state index contributed by atoms with van der Waals surface area (Å²) in [6.07, 6.45) is 6.94. The molecule has 3 nitrogen and oxygen atoms in total. The molecule has 2 aromatic rings. The Labute approximate surface area is 99.8 Å². The summed E-state index contributed by atoms with van der Waals surface area (Å²) >= 11 is 0. The van der Waals surface area contributed by atoms with Gasteiger partial charge in [0.2, 0.25) is 0 Å². The predicted octanol–water partition coefficient (Wildman–Crippen LogP) is 3.06. The van der Waals surface area contributed by atoms with Crippen LogP contribution < -0.4 is 0 Å². The van der Waals surface area contributed by atoms with Gasteiger partial charge in [-0.25, -0.2) is 0 Å². The highest BCUT2D eigenvalue weighted by Gasteiger charge is 1.96. The van der Waals surface area contributed by atoms with Crippen molar-refractivity contribution in [3.05, 3.63) is 65.5 Å². The first-order valence-electron chi connectivity index (χ1n) is 5.26. The van der Waals surface area contributed by atoms with Crippen molar-refractivity contribution in [1.82, 2.24) is 4.98 Å². The Kier molecular flexibility index (Phi) is 3.65. The van der Waals surface area contributed by atoms with E-state index in [1.54, 1.807) is 12.3 Å². The predicted molar refractivity (Wildman–Crippen MR) is 69.0 cm³/mol. The average molecular weight is 224 g/mol. The molecule has 1 aromatic carbocycles. The van der Waals surface area contributed by atoms with Gasteiger partial charge < -0.3 is 5.21 Å². The second-order valence-electron chi connectivity index (χ2n) is 3.47. The van der Waals surface area contributed by atoms with Crippen LogP contribution in [0.3, 0.4) is 0 Å². The summed E-state index contributed by atoms with van der Waals surface area (Å²) in [5.74, 6) is 0. The first kappa shape index (κ1) is 11.1. The molecule has 84 valence electrons. The van der Waals surface area contributed by atoms with E-state index >= 15 is 0 Å². The summed E-state index contributed by atoms with van der Waals surface area (Å²) in [6.45, 7) is 0. The largest absolute Gasteiger partial charge is 0.411 e. The minimum Gasteiger partial charge on any atom is -0.411 e. The van der Waals surface area contributed by atoms with E-state index in [1.165, 1.54) is 6.21 Å². The molecular formula is C14H12N2O. The Bertz CT molecular complexity index is 533. The topological polar surface area (TPSA) is 45.5 Å². The molecule has 2 rings (SSSR count). The SMILES string of the molecule is O/N=C/c1cccnc1/C=C/c1ccccc1. The molecular weight excluding hydrogens is 212 g/mol. The van der Waals surface area contributed by atoms with Gasteiger partial charge in [0.15, 0.2) is 0 Å². The lowest BCUT2D eigenvalue weighted by Crippen LogP contribution is -1.89. The van der Waals surface area contributed by atoms with Crippen molar-refractivity contribution in [1.29, 1.82) is 0 Å². The van der Waals surface area contributed by atoms with Crippen LogP contribution in [0.25, 0.3) is 12.2 Å². The minimum absolute atomic E-state index is 0.772. The van der Waals surface area contributed by atoms with Gasteiger partial charge in [0.05, 0.1) is 11.9 Å². The number of hydrogen-bond acceptors (Lipinski definition) is 3. The molecule has 1 N–H and O–H groups in total. The molecule has 0 radical (unpaired) electrons. The van der Waals surface area contributed by atoms with Gasteiger partial charge in [0, 0.05) is 11.8 Å². The van der Waals surface area contributed by atoms with Crippen molar-refractivity contribution in [3.8, 4) is 0 Å². The fourth-order valence-electron chi connectivity index (χ4n) is 1.48. The number of hydrogen-bond donors (Lipinski definition) is 1. The molecule has 1 heterocycles. The van der Waals surface area contributed by atoms with Gasteiger partial charge in [-0.2, -0.15) is 0 Å². The summed E-state index contributed by atoms with van der Waals surface area (Å²) in [4.78, 5) is 4.22. The highest BCUT2D eigenvalue weighted by molar-refractivity contribution is 5.86. The summed E-state index contributed by atoms with van der Waals surface area (Å²) in [5.41, 5.74) is 2.65. The number of nitrogens with zero attached hydrogens (tertiary/aromatic N) is 2. The Morgan fingerprint density at radius 3 is 2.59 bits per heavy atom. The van der Waals surface area contributed by atoms with E-state index < -0.39 is 0 Å². The second-order valence-corrected chi connectivity index (χ2v) is 3.47. The van der Waals surface area contributed by atoms with Gasteiger partial charge >= 0.3 is 0 Å². The second kappa shape index (κ2) is 5.61. The summed E-state index contributed by atoms with van der Waals surface area (Å²) in [7, 11) is 0. The van der Waals surface area contributed by atoms with E-state index in [4.69, 9.17) is 5.21 Å². The lowest BCUT2D eigenvalue weighted by Gasteiger charge is -1.97. The van der Waals surface area contributed by atoms with Crippen LogP contribution in [-0.4, -0.2) is 16.4 Å². The molecule has 0 spiro atoms. The Hall–Kier alpha value is -2.42. The van der Waals surface area contributed by atoms with Crippen molar-refractivity contribution in [2.24, 2.45) is 5.16 Å². The zero-order valence-electron chi connectivity index (χ0n) is 9.19. The van der Waals surface area contributed by atoms with Crippen LogP contribution in [0.15, 0.2) is 53.8 Å². The fourth-order valence-corrected chi connectivity index (χ4v) is 1.48. The van der Waals surface area contributed by atoms with Gasteiger partial charge in [-0.05, 0) is 23.8 Å². The Morgan fingerprint density at radius 1 is 1.00 bits per heavy atom. The quantitative estimate of drug-likeness (QED) is 0.494. The van der Waals surface area contributed by atoms with Crippen molar-refractivity contribution in [2.45, 2.75) is 0 Å². The van der Waals surface area contributed by atoms with E-state index in [1.807, 2.05) is 48.6 Å². The molecule has 0 saturated heterocycles. The zero-order valence-corrected chi connectivity index (χ0v) is 9.19. The summed E-state index contributed by atoms with van der Waals surface area (Å²) in [6, 6.07) is 13.6. The standard InChI is InChI=1S/C14H12N2O/c17-16-11-13-7-4-10-15-14(13)9-8-12-5-2-1-3-6-12/h1-11,17H/b9-8+,16-11+. The smallest absolute Gasteiger partial charge is 0.0755 e. The third-order valence-electron chi connectivity index (χ3n) is 2.30. The van der Waals surface area contributed by atoms with Gasteiger partial charge in [-0.1, -0.05) is 41.6 Å². The molecule has 1 aromatic heterocycles. The number of aromatic nitrogens is 1. The third-order valence-corrected chi connectivity index (χ3v) is 2.30. The van der Waals surface area contributed by atoms with Crippen LogP contribution in [0.1, 0.15) is 16.8 Å². The summed E-state index contributed by atoms with van der Waals surface area (Å²) < 4.78 is 0. The highest BCUT2D eigenvalue weighted by atomic mass is 16.4. The maximum absolute atomic E-state index is 8.55. The molecule has 0 aliphatic carbocycles. The maximum Gasteiger partial charge on any atom is 0.0755 e. The molecule has 0 bridgehead atoms. The number of pyridine rings is 1. The van der Waals surface area contributed by atoms with E-state index in [9.17, 15) is 0 Å². The van der Waals surface area contributed by atoms with Gasteiger partial charge in [-0.15, -0.1) is 0 Å². The van der Waals surface area contributed by atoms with E-state index in [0.29, 0.717) is 0 Å². The molecule has 0 fully saturated rings. The van der Waals surface area contributed by atoms with E-state index in [0.717, 1.165) is 16.8 Å². The highest BCUT2D eigenvalue weighted by Crippen LogP contribution is 2.09. The average Bonchev–Trinajstić information content (AvgIpc) is 2.39. The lowest BCUT2D eigenvalue weighted by atomic mass is 10.1. The molecule has 17 heavy (non-hydrogen) atoms. The van der Waals surface area contributed by atoms with Crippen molar-refractivity contribution < 1.29 is 5.21 Å². The molecule has 0 atom stereocenters. The van der Waals surface area contributed by atoms with Crippen LogP contribution in [0, 0.1) is 0 Å². The number of benzene rings is 1. The Balaban J connectivity index is 2.27. The van der Waals surface area contributed by atoms with Gasteiger partial charge in [-0.3, -0.25) is 4.98 Å². The van der Waals surface area contributed by atoms with Crippen LogP contribution in [0.2, 0.25) is 0 Å². The van der Waals surface area contributed by atoms with Crippen molar-refractivity contribution in [3.63, 3.8) is 0 Å². The minimum atomic E-state index is 0.772. The van der Waals surface area contributed by atoms with E-state index in [2.05, 4.69) is 10.1 Å². The number of rotatable bonds is 3. The zero-order chi connectivity index (χ0) is 11.9. The van der Waals surface area contributed by atoms with Crippen LogP contribution in [0.5, 0.6) is 0 Å². The van der Waals surface area contributed by atoms with E-state index in [-0.39, 0.29) is 0 Å². The molecule has 3 heteroatoms. The monoisotopic (exact) mass is 224 g/mol. The fraction of sp³-hybridized carbons (Fsp3) is 0.